The van der Waals surface area contributed by atoms with E-state index in [0.29, 0.717) is 36.6 Å². The van der Waals surface area contributed by atoms with Crippen molar-refractivity contribution in [3.8, 4) is 5.75 Å². The Morgan fingerprint density at radius 2 is 2.16 bits per heavy atom. The van der Waals surface area contributed by atoms with Crippen LogP contribution in [-0.2, 0) is 11.8 Å². The lowest BCUT2D eigenvalue weighted by Gasteiger charge is -2.38. The maximum absolute atomic E-state index is 14.5. The monoisotopic (exact) mass is 361 g/mol. The van der Waals surface area contributed by atoms with E-state index in [0.717, 1.165) is 18.4 Å². The summed E-state index contributed by atoms with van der Waals surface area (Å²) in [6, 6.07) is 8.25. The first kappa shape index (κ1) is 16.2. The number of aromatic carboxylic acids is 1. The Kier molecular flexibility index (Phi) is 3.84. The van der Waals surface area contributed by atoms with Crippen LogP contribution in [0.5, 0.6) is 5.75 Å². The summed E-state index contributed by atoms with van der Waals surface area (Å²) in [5.74, 6) is -0.708. The zero-order valence-electron chi connectivity index (χ0n) is 13.4. The number of hydrogen-bond donors (Lipinski definition) is 2. The summed E-state index contributed by atoms with van der Waals surface area (Å²) in [6.07, 6.45) is 2.39. The third kappa shape index (κ3) is 2.63. The molecule has 0 amide bonds. The van der Waals surface area contributed by atoms with Crippen molar-refractivity contribution in [3.05, 3.63) is 57.9 Å². The lowest BCUT2D eigenvalue weighted by Crippen LogP contribution is -2.42. The van der Waals surface area contributed by atoms with E-state index in [2.05, 4.69) is 5.32 Å². The van der Waals surface area contributed by atoms with Crippen molar-refractivity contribution >= 4 is 23.3 Å². The molecule has 2 N–H and O–H groups in total. The van der Waals surface area contributed by atoms with E-state index in [1.165, 1.54) is 6.07 Å². The summed E-state index contributed by atoms with van der Waals surface area (Å²) in [5, 5.41) is 12.6. The van der Waals surface area contributed by atoms with Crippen molar-refractivity contribution in [1.29, 1.82) is 0 Å². The standard InChI is InChI=1S/C19H17ClFNO3/c20-14-5-4-13-12(17(14)21)2-1-7-19(13)9-22-15-8-11(18(23)24)3-6-16(15)25-10-19/h3-6,8,22H,1-2,7,9-10H2,(H,23,24). The van der Waals surface area contributed by atoms with Crippen molar-refractivity contribution in [2.24, 2.45) is 0 Å². The van der Waals surface area contributed by atoms with Crippen LogP contribution >= 0.6 is 11.6 Å². The first-order valence-electron chi connectivity index (χ1n) is 8.21. The topological polar surface area (TPSA) is 58.6 Å². The third-order valence-corrected chi connectivity index (χ3v) is 5.49. The van der Waals surface area contributed by atoms with Crippen LogP contribution in [-0.4, -0.2) is 24.2 Å². The van der Waals surface area contributed by atoms with E-state index in [9.17, 15) is 9.18 Å². The van der Waals surface area contributed by atoms with Gasteiger partial charge in [-0.25, -0.2) is 9.18 Å². The number of carboxylic acid groups (broad SMARTS) is 1. The molecule has 0 saturated heterocycles. The van der Waals surface area contributed by atoms with Gasteiger partial charge in [-0.15, -0.1) is 0 Å². The summed E-state index contributed by atoms with van der Waals surface area (Å²) >= 11 is 5.95. The fraction of sp³-hybridized carbons (Fsp3) is 0.316. The van der Waals surface area contributed by atoms with Gasteiger partial charge in [0.1, 0.15) is 11.6 Å². The highest BCUT2D eigenvalue weighted by Gasteiger charge is 2.40. The largest absolute Gasteiger partial charge is 0.490 e. The molecule has 0 fully saturated rings. The molecule has 1 heterocycles. The van der Waals surface area contributed by atoms with Crippen molar-refractivity contribution < 1.29 is 19.0 Å². The van der Waals surface area contributed by atoms with Crippen LogP contribution < -0.4 is 10.1 Å². The molecule has 0 saturated carbocycles. The molecule has 25 heavy (non-hydrogen) atoms. The van der Waals surface area contributed by atoms with E-state index in [1.807, 2.05) is 6.07 Å². The number of nitrogens with one attached hydrogen (secondary N) is 1. The predicted molar refractivity (Wildman–Crippen MR) is 93.4 cm³/mol. The quantitative estimate of drug-likeness (QED) is 0.797. The van der Waals surface area contributed by atoms with Crippen LogP contribution in [0.2, 0.25) is 5.02 Å². The molecule has 0 radical (unpaired) electrons. The number of rotatable bonds is 1. The molecule has 1 atom stereocenters. The summed E-state index contributed by atoms with van der Waals surface area (Å²) in [7, 11) is 0. The Labute approximate surface area is 149 Å². The Morgan fingerprint density at radius 3 is 2.96 bits per heavy atom. The molecule has 2 aromatic carbocycles. The van der Waals surface area contributed by atoms with Crippen molar-refractivity contribution in [2.45, 2.75) is 24.7 Å². The second kappa shape index (κ2) is 5.92. The van der Waals surface area contributed by atoms with Gasteiger partial charge in [-0.1, -0.05) is 17.7 Å². The smallest absolute Gasteiger partial charge is 0.335 e. The van der Waals surface area contributed by atoms with E-state index in [4.69, 9.17) is 21.4 Å². The molecule has 1 unspecified atom stereocenters. The Morgan fingerprint density at radius 1 is 1.32 bits per heavy atom. The summed E-state index contributed by atoms with van der Waals surface area (Å²) in [5.41, 5.74) is 2.09. The molecule has 2 aromatic rings. The Hall–Kier alpha value is -2.27. The van der Waals surface area contributed by atoms with Gasteiger partial charge in [0.25, 0.3) is 0 Å². The summed E-state index contributed by atoms with van der Waals surface area (Å²) in [4.78, 5) is 11.2. The van der Waals surface area contributed by atoms with Crippen LogP contribution in [0.15, 0.2) is 30.3 Å². The van der Waals surface area contributed by atoms with Gasteiger partial charge in [0.2, 0.25) is 0 Å². The second-order valence-corrected chi connectivity index (χ2v) is 7.09. The van der Waals surface area contributed by atoms with Gasteiger partial charge in [0.15, 0.2) is 0 Å². The number of carbonyl (C=O) groups is 1. The van der Waals surface area contributed by atoms with E-state index < -0.39 is 5.97 Å². The molecule has 4 nitrogen and oxygen atoms in total. The third-order valence-electron chi connectivity index (χ3n) is 5.20. The van der Waals surface area contributed by atoms with Gasteiger partial charge in [-0.3, -0.25) is 0 Å². The van der Waals surface area contributed by atoms with Gasteiger partial charge in [-0.2, -0.15) is 0 Å². The van der Waals surface area contributed by atoms with Crippen LogP contribution in [0.1, 0.15) is 34.3 Å². The fourth-order valence-corrected chi connectivity index (χ4v) is 4.04. The summed E-state index contributed by atoms with van der Waals surface area (Å²) < 4.78 is 20.5. The van der Waals surface area contributed by atoms with Crippen molar-refractivity contribution in [3.63, 3.8) is 0 Å². The van der Waals surface area contributed by atoms with E-state index in [-0.39, 0.29) is 21.8 Å². The van der Waals surface area contributed by atoms with Gasteiger partial charge >= 0.3 is 5.97 Å². The lowest BCUT2D eigenvalue weighted by molar-refractivity contribution is 0.0697. The minimum atomic E-state index is -0.983. The molecule has 0 bridgehead atoms. The predicted octanol–water partition coefficient (Wildman–Crippen LogP) is 4.26. The van der Waals surface area contributed by atoms with Crippen molar-refractivity contribution in [1.82, 2.24) is 0 Å². The minimum absolute atomic E-state index is 0.146. The minimum Gasteiger partial charge on any atom is -0.490 e. The Balaban J connectivity index is 1.73. The fourth-order valence-electron chi connectivity index (χ4n) is 3.86. The number of halogens is 2. The second-order valence-electron chi connectivity index (χ2n) is 6.68. The molecule has 1 spiro atoms. The van der Waals surface area contributed by atoms with Gasteiger partial charge in [-0.05, 0) is 54.7 Å². The molecular formula is C19H17ClFNO3. The van der Waals surface area contributed by atoms with Gasteiger partial charge in [0.05, 0.1) is 22.9 Å². The average Bonchev–Trinajstić information content (AvgIpc) is 2.79. The maximum atomic E-state index is 14.5. The number of benzene rings is 2. The zero-order chi connectivity index (χ0) is 17.6. The number of ether oxygens (including phenoxy) is 1. The molecule has 1 aliphatic heterocycles. The number of fused-ring (bicyclic) bond motifs is 3. The molecule has 6 heteroatoms. The number of hydrogen-bond acceptors (Lipinski definition) is 3. The van der Waals surface area contributed by atoms with Crippen LogP contribution in [0.4, 0.5) is 10.1 Å². The SMILES string of the molecule is O=C(O)c1ccc2c(c1)NCC1(CCCc3c1ccc(Cl)c3F)CO2. The molecule has 130 valence electrons. The van der Waals surface area contributed by atoms with Gasteiger partial charge < -0.3 is 15.2 Å². The zero-order valence-corrected chi connectivity index (χ0v) is 14.2. The molecule has 4 rings (SSSR count). The summed E-state index contributed by atoms with van der Waals surface area (Å²) in [6.45, 7) is 0.963. The average molecular weight is 362 g/mol. The molecule has 0 aromatic heterocycles. The van der Waals surface area contributed by atoms with E-state index >= 15 is 0 Å². The number of anilines is 1. The first-order chi connectivity index (χ1) is 12.0. The normalized spacial score (nSPS) is 21.5. The van der Waals surface area contributed by atoms with Gasteiger partial charge in [0, 0.05) is 12.0 Å². The highest BCUT2D eigenvalue weighted by Crippen LogP contribution is 2.43. The molecule has 2 aliphatic rings. The molecule has 1 aliphatic carbocycles. The highest BCUT2D eigenvalue weighted by molar-refractivity contribution is 6.30. The van der Waals surface area contributed by atoms with E-state index in [1.54, 1.807) is 18.2 Å². The van der Waals surface area contributed by atoms with Crippen LogP contribution in [0.25, 0.3) is 0 Å². The maximum Gasteiger partial charge on any atom is 0.335 e. The lowest BCUT2D eigenvalue weighted by atomic mass is 9.70. The number of carboxylic acids is 1. The molecular weight excluding hydrogens is 345 g/mol. The van der Waals surface area contributed by atoms with Crippen molar-refractivity contribution in [2.75, 3.05) is 18.5 Å². The van der Waals surface area contributed by atoms with Crippen LogP contribution in [0, 0.1) is 5.82 Å². The highest BCUT2D eigenvalue weighted by atomic mass is 35.5. The Bertz CT molecular complexity index is 870. The first-order valence-corrected chi connectivity index (χ1v) is 8.59. The van der Waals surface area contributed by atoms with Crippen LogP contribution in [0.3, 0.4) is 0 Å².